The van der Waals surface area contributed by atoms with Crippen LogP contribution in [0.5, 0.6) is 0 Å². The molecule has 0 bridgehead atoms. The van der Waals surface area contributed by atoms with Crippen molar-refractivity contribution in [2.75, 3.05) is 10.6 Å². The Labute approximate surface area is 166 Å². The lowest BCUT2D eigenvalue weighted by Crippen LogP contribution is -2.05. The van der Waals surface area contributed by atoms with Crippen LogP contribution in [0.4, 0.5) is 16.5 Å². The molecule has 0 spiro atoms. The molecule has 0 aliphatic rings. The number of hydrogen-bond acceptors (Lipinski definition) is 6. The average Bonchev–Trinajstić information content (AvgIpc) is 3.30. The average molecular weight is 392 g/mol. The second kappa shape index (κ2) is 7.40. The number of aromatic nitrogens is 4. The molecule has 0 aliphatic heterocycles. The molecule has 2 aromatic carbocycles. The van der Waals surface area contributed by atoms with Gasteiger partial charge in [0.2, 0.25) is 11.0 Å². The number of carbonyl (C=O) groups is 1. The van der Waals surface area contributed by atoms with Gasteiger partial charge in [0.25, 0.3) is 0 Å². The summed E-state index contributed by atoms with van der Waals surface area (Å²) in [7, 11) is 0. The molecular formula is C20H20N6OS. The van der Waals surface area contributed by atoms with Crippen LogP contribution in [0, 0.1) is 0 Å². The van der Waals surface area contributed by atoms with Gasteiger partial charge in [-0.15, -0.1) is 10.2 Å². The van der Waals surface area contributed by atoms with E-state index in [9.17, 15) is 4.79 Å². The SMILES string of the molecule is CC(=O)Nc1cccc(-c2nnc(Nc3ccc4[nH]ncc4c3C(C)C)s2)c1. The molecule has 0 aliphatic carbocycles. The molecule has 2 heterocycles. The third-order valence-corrected chi connectivity index (χ3v) is 5.23. The third-order valence-electron chi connectivity index (χ3n) is 4.34. The standard InChI is InChI=1S/C20H20N6OS/c1-11(2)18-15-10-21-24-16(15)7-8-17(18)23-20-26-25-19(28-20)13-5-4-6-14(9-13)22-12(3)27/h4-11H,1-3H3,(H,21,24)(H,22,27)(H,23,26). The zero-order valence-electron chi connectivity index (χ0n) is 15.8. The van der Waals surface area contributed by atoms with Gasteiger partial charge in [-0.1, -0.05) is 37.3 Å². The number of carbonyl (C=O) groups excluding carboxylic acids is 1. The van der Waals surface area contributed by atoms with Crippen LogP contribution in [0.15, 0.2) is 42.6 Å². The second-order valence-corrected chi connectivity index (χ2v) is 7.79. The first-order valence-corrected chi connectivity index (χ1v) is 9.77. The molecule has 0 atom stereocenters. The molecule has 28 heavy (non-hydrogen) atoms. The summed E-state index contributed by atoms with van der Waals surface area (Å²) in [6.07, 6.45) is 1.86. The van der Waals surface area contributed by atoms with E-state index in [1.807, 2.05) is 42.6 Å². The smallest absolute Gasteiger partial charge is 0.221 e. The first-order valence-electron chi connectivity index (χ1n) is 8.96. The first kappa shape index (κ1) is 18.1. The molecule has 7 nitrogen and oxygen atoms in total. The number of fused-ring (bicyclic) bond motifs is 1. The van der Waals surface area contributed by atoms with E-state index in [1.165, 1.54) is 23.8 Å². The fourth-order valence-electron chi connectivity index (χ4n) is 3.21. The number of benzene rings is 2. The van der Waals surface area contributed by atoms with Crippen molar-refractivity contribution in [1.82, 2.24) is 20.4 Å². The maximum Gasteiger partial charge on any atom is 0.221 e. The highest BCUT2D eigenvalue weighted by Crippen LogP contribution is 2.35. The number of aromatic amines is 1. The van der Waals surface area contributed by atoms with Gasteiger partial charge in [0.1, 0.15) is 5.01 Å². The highest BCUT2D eigenvalue weighted by molar-refractivity contribution is 7.18. The lowest BCUT2D eigenvalue weighted by molar-refractivity contribution is -0.114. The molecule has 8 heteroatoms. The molecule has 0 saturated carbocycles. The number of anilines is 3. The van der Waals surface area contributed by atoms with Crippen molar-refractivity contribution in [3.8, 4) is 10.6 Å². The van der Waals surface area contributed by atoms with E-state index in [-0.39, 0.29) is 5.91 Å². The molecule has 4 rings (SSSR count). The minimum Gasteiger partial charge on any atom is -0.330 e. The van der Waals surface area contributed by atoms with Gasteiger partial charge in [-0.2, -0.15) is 5.10 Å². The summed E-state index contributed by atoms with van der Waals surface area (Å²) in [6, 6.07) is 11.6. The lowest BCUT2D eigenvalue weighted by Gasteiger charge is -2.14. The Morgan fingerprint density at radius 3 is 2.82 bits per heavy atom. The molecule has 4 aromatic rings. The highest BCUT2D eigenvalue weighted by Gasteiger charge is 2.15. The number of rotatable bonds is 5. The summed E-state index contributed by atoms with van der Waals surface area (Å²) in [5, 5.41) is 24.6. The van der Waals surface area contributed by atoms with Crippen LogP contribution in [0.25, 0.3) is 21.5 Å². The largest absolute Gasteiger partial charge is 0.330 e. The molecule has 0 saturated heterocycles. The van der Waals surface area contributed by atoms with Crippen LogP contribution in [-0.4, -0.2) is 26.3 Å². The van der Waals surface area contributed by atoms with Crippen LogP contribution < -0.4 is 10.6 Å². The number of hydrogen-bond donors (Lipinski definition) is 3. The monoisotopic (exact) mass is 392 g/mol. The zero-order chi connectivity index (χ0) is 19.7. The van der Waals surface area contributed by atoms with Gasteiger partial charge in [-0.25, -0.2) is 0 Å². The van der Waals surface area contributed by atoms with E-state index in [1.54, 1.807) is 0 Å². The minimum absolute atomic E-state index is 0.104. The zero-order valence-corrected chi connectivity index (χ0v) is 16.6. The summed E-state index contributed by atoms with van der Waals surface area (Å²) in [5.41, 5.74) is 4.85. The summed E-state index contributed by atoms with van der Waals surface area (Å²) in [6.45, 7) is 5.81. The quantitative estimate of drug-likeness (QED) is 0.449. The summed E-state index contributed by atoms with van der Waals surface area (Å²) in [5.74, 6) is 0.221. The van der Waals surface area contributed by atoms with Crippen molar-refractivity contribution in [3.05, 3.63) is 48.2 Å². The Bertz CT molecular complexity index is 1150. The van der Waals surface area contributed by atoms with Gasteiger partial charge in [0, 0.05) is 29.2 Å². The van der Waals surface area contributed by atoms with Crippen molar-refractivity contribution < 1.29 is 4.79 Å². The topological polar surface area (TPSA) is 95.6 Å². The van der Waals surface area contributed by atoms with Crippen molar-refractivity contribution in [2.45, 2.75) is 26.7 Å². The van der Waals surface area contributed by atoms with Gasteiger partial charge >= 0.3 is 0 Å². The van der Waals surface area contributed by atoms with Crippen molar-refractivity contribution in [3.63, 3.8) is 0 Å². The molecule has 1 amide bonds. The molecule has 142 valence electrons. The molecule has 0 unspecified atom stereocenters. The Hall–Kier alpha value is -3.26. The van der Waals surface area contributed by atoms with E-state index in [2.05, 4.69) is 44.9 Å². The maximum atomic E-state index is 11.3. The van der Waals surface area contributed by atoms with E-state index in [4.69, 9.17) is 0 Å². The van der Waals surface area contributed by atoms with Gasteiger partial charge in [0.15, 0.2) is 0 Å². The fourth-order valence-corrected chi connectivity index (χ4v) is 3.96. The minimum atomic E-state index is -0.104. The molecule has 2 aromatic heterocycles. The number of amides is 1. The van der Waals surface area contributed by atoms with Gasteiger partial charge < -0.3 is 10.6 Å². The summed E-state index contributed by atoms with van der Waals surface area (Å²) >= 11 is 1.47. The highest BCUT2D eigenvalue weighted by atomic mass is 32.1. The summed E-state index contributed by atoms with van der Waals surface area (Å²) < 4.78 is 0. The number of H-pyrrole nitrogens is 1. The second-order valence-electron chi connectivity index (χ2n) is 6.81. The first-order chi connectivity index (χ1) is 13.5. The van der Waals surface area contributed by atoms with Crippen LogP contribution in [0.2, 0.25) is 0 Å². The Morgan fingerprint density at radius 2 is 2.04 bits per heavy atom. The Morgan fingerprint density at radius 1 is 1.18 bits per heavy atom. The predicted octanol–water partition coefficient (Wildman–Crippen LogP) is 4.91. The van der Waals surface area contributed by atoms with Crippen LogP contribution in [-0.2, 0) is 4.79 Å². The van der Waals surface area contributed by atoms with Crippen molar-refractivity contribution >= 4 is 44.7 Å². The summed E-state index contributed by atoms with van der Waals surface area (Å²) in [4.78, 5) is 11.3. The van der Waals surface area contributed by atoms with Crippen molar-refractivity contribution in [2.24, 2.45) is 0 Å². The number of nitrogens with zero attached hydrogens (tertiary/aromatic N) is 3. The third kappa shape index (κ3) is 3.59. The molecule has 0 fully saturated rings. The van der Waals surface area contributed by atoms with E-state index in [0.717, 1.165) is 32.8 Å². The van der Waals surface area contributed by atoms with E-state index < -0.39 is 0 Å². The maximum absolute atomic E-state index is 11.3. The Kier molecular flexibility index (Phi) is 4.79. The van der Waals surface area contributed by atoms with Gasteiger partial charge in [-0.05, 0) is 35.7 Å². The number of nitrogens with one attached hydrogen (secondary N) is 3. The Balaban J connectivity index is 1.63. The van der Waals surface area contributed by atoms with Crippen LogP contribution >= 0.6 is 11.3 Å². The van der Waals surface area contributed by atoms with E-state index >= 15 is 0 Å². The molecule has 0 radical (unpaired) electrons. The molecule has 3 N–H and O–H groups in total. The van der Waals surface area contributed by atoms with Gasteiger partial charge in [-0.3, -0.25) is 9.89 Å². The lowest BCUT2D eigenvalue weighted by atomic mass is 9.97. The van der Waals surface area contributed by atoms with Gasteiger partial charge in [0.05, 0.1) is 11.7 Å². The predicted molar refractivity (Wildman–Crippen MR) is 113 cm³/mol. The van der Waals surface area contributed by atoms with Crippen LogP contribution in [0.3, 0.4) is 0 Å². The normalized spacial score (nSPS) is 11.1. The van der Waals surface area contributed by atoms with Crippen molar-refractivity contribution in [1.29, 1.82) is 0 Å². The van der Waals surface area contributed by atoms with E-state index in [0.29, 0.717) is 11.0 Å². The fraction of sp³-hybridized carbons (Fsp3) is 0.200. The van der Waals surface area contributed by atoms with Crippen LogP contribution in [0.1, 0.15) is 32.3 Å². The molecular weight excluding hydrogens is 372 g/mol.